The van der Waals surface area contributed by atoms with Gasteiger partial charge in [0.15, 0.2) is 5.84 Å². The molecule has 0 fully saturated rings. The Morgan fingerprint density at radius 3 is 2.83 bits per heavy atom. The minimum absolute atomic E-state index is 0.0725. The number of nitrogens with two attached hydrogens (primary N) is 1. The van der Waals surface area contributed by atoms with E-state index in [4.69, 9.17) is 15.7 Å². The normalized spacial score (nSPS) is 13.1. The number of nitrogens with zero attached hydrogens (tertiary/aromatic N) is 2. The summed E-state index contributed by atoms with van der Waals surface area (Å²) in [6.07, 6.45) is 0.698. The number of hydrogen-bond donors (Lipinski definition) is 2. The molecular weight excluding hydrogens is 238 g/mol. The first-order valence-corrected chi connectivity index (χ1v) is 5.42. The minimum Gasteiger partial charge on any atom is -0.490 e. The molecule has 3 N–H and O–H groups in total. The molecule has 18 heavy (non-hydrogen) atoms. The molecule has 0 heterocycles. The Morgan fingerprint density at radius 2 is 2.33 bits per heavy atom. The molecule has 0 bridgehead atoms. The summed E-state index contributed by atoms with van der Waals surface area (Å²) in [4.78, 5) is 10.1. The second-order valence-electron chi connectivity index (χ2n) is 3.76. The Labute approximate surface area is 104 Å². The van der Waals surface area contributed by atoms with Gasteiger partial charge in [0.05, 0.1) is 16.6 Å². The summed E-state index contributed by atoms with van der Waals surface area (Å²) in [6.45, 7) is 3.80. The highest BCUT2D eigenvalue weighted by Crippen LogP contribution is 2.25. The van der Waals surface area contributed by atoms with Gasteiger partial charge >= 0.3 is 0 Å². The van der Waals surface area contributed by atoms with Crippen LogP contribution >= 0.6 is 0 Å². The van der Waals surface area contributed by atoms with Crippen LogP contribution in [0.1, 0.15) is 25.8 Å². The minimum atomic E-state index is -0.554. The molecule has 0 radical (unpaired) electrons. The summed E-state index contributed by atoms with van der Waals surface area (Å²) in [6, 6.07) is 3.97. The Morgan fingerprint density at radius 1 is 1.67 bits per heavy atom. The van der Waals surface area contributed by atoms with E-state index >= 15 is 0 Å². The second-order valence-corrected chi connectivity index (χ2v) is 3.76. The number of rotatable bonds is 5. The van der Waals surface area contributed by atoms with Crippen LogP contribution in [0, 0.1) is 10.1 Å². The van der Waals surface area contributed by atoms with Gasteiger partial charge in [-0.15, -0.1) is 0 Å². The molecule has 0 saturated heterocycles. The van der Waals surface area contributed by atoms with Crippen molar-refractivity contribution in [2.75, 3.05) is 0 Å². The lowest BCUT2D eigenvalue weighted by atomic mass is 10.1. The summed E-state index contributed by atoms with van der Waals surface area (Å²) in [7, 11) is 0. The number of ether oxygens (including phenoxy) is 1. The van der Waals surface area contributed by atoms with E-state index in [2.05, 4.69) is 5.16 Å². The second kappa shape index (κ2) is 5.85. The number of non-ortho nitro benzene ring substituents is 1. The average Bonchev–Trinajstić information content (AvgIpc) is 2.37. The number of oxime groups is 1. The summed E-state index contributed by atoms with van der Waals surface area (Å²) in [5, 5.41) is 22.2. The monoisotopic (exact) mass is 253 g/mol. The molecule has 7 heteroatoms. The maximum Gasteiger partial charge on any atom is 0.270 e. The van der Waals surface area contributed by atoms with Crippen molar-refractivity contribution in [3.8, 4) is 5.75 Å². The van der Waals surface area contributed by atoms with E-state index < -0.39 is 4.92 Å². The lowest BCUT2D eigenvalue weighted by molar-refractivity contribution is -0.384. The van der Waals surface area contributed by atoms with Gasteiger partial charge in [-0.3, -0.25) is 10.1 Å². The fourth-order valence-electron chi connectivity index (χ4n) is 1.29. The fourth-order valence-corrected chi connectivity index (χ4v) is 1.29. The summed E-state index contributed by atoms with van der Waals surface area (Å²) in [5.74, 6) is 0.127. The number of amidine groups is 1. The van der Waals surface area contributed by atoms with Crippen LogP contribution in [0.3, 0.4) is 0 Å². The average molecular weight is 253 g/mol. The zero-order valence-electron chi connectivity index (χ0n) is 10.2. The van der Waals surface area contributed by atoms with Crippen LogP contribution in [0.4, 0.5) is 5.69 Å². The van der Waals surface area contributed by atoms with E-state index in [9.17, 15) is 10.1 Å². The van der Waals surface area contributed by atoms with Crippen molar-refractivity contribution in [3.63, 3.8) is 0 Å². The quantitative estimate of drug-likeness (QED) is 0.273. The van der Waals surface area contributed by atoms with Crippen LogP contribution in [0.2, 0.25) is 0 Å². The first-order valence-electron chi connectivity index (χ1n) is 5.42. The molecule has 1 rings (SSSR count). The zero-order chi connectivity index (χ0) is 13.7. The van der Waals surface area contributed by atoms with Crippen LogP contribution in [0.5, 0.6) is 5.75 Å². The third-order valence-corrected chi connectivity index (χ3v) is 2.46. The van der Waals surface area contributed by atoms with Gasteiger partial charge in [-0.05, 0) is 19.4 Å². The van der Waals surface area contributed by atoms with Gasteiger partial charge in [0.1, 0.15) is 5.75 Å². The topological polar surface area (TPSA) is 111 Å². The summed E-state index contributed by atoms with van der Waals surface area (Å²) < 4.78 is 5.56. The molecule has 7 nitrogen and oxygen atoms in total. The van der Waals surface area contributed by atoms with Gasteiger partial charge in [0.25, 0.3) is 5.69 Å². The van der Waals surface area contributed by atoms with Crippen LogP contribution in [0.15, 0.2) is 23.4 Å². The van der Waals surface area contributed by atoms with Crippen LogP contribution in [-0.4, -0.2) is 22.1 Å². The molecular formula is C11H15N3O4. The van der Waals surface area contributed by atoms with Gasteiger partial charge in [-0.1, -0.05) is 12.1 Å². The lowest BCUT2D eigenvalue weighted by Gasteiger charge is -2.15. The van der Waals surface area contributed by atoms with Crippen molar-refractivity contribution < 1.29 is 14.9 Å². The standard InChI is InChI=1S/C11H15N3O4/c1-3-7(2)18-10-5-4-8(14(16)17)6-9(10)11(12)13-15/h4-7,15H,3H2,1-2H3,(H2,12,13). The Balaban J connectivity index is 3.21. The molecule has 1 unspecified atom stereocenters. The third-order valence-electron chi connectivity index (χ3n) is 2.46. The molecule has 0 saturated carbocycles. The number of nitro groups is 1. The Hall–Kier alpha value is -2.31. The zero-order valence-corrected chi connectivity index (χ0v) is 10.2. The van der Waals surface area contributed by atoms with Crippen molar-refractivity contribution in [2.24, 2.45) is 10.9 Å². The van der Waals surface area contributed by atoms with E-state index in [1.807, 2.05) is 13.8 Å². The predicted octanol–water partition coefficient (Wildman–Crippen LogP) is 1.87. The smallest absolute Gasteiger partial charge is 0.270 e. The van der Waals surface area contributed by atoms with Crippen LogP contribution < -0.4 is 10.5 Å². The molecule has 0 spiro atoms. The molecule has 1 aromatic carbocycles. The number of hydrogen-bond acceptors (Lipinski definition) is 5. The highest BCUT2D eigenvalue weighted by molar-refractivity contribution is 6.00. The van der Waals surface area contributed by atoms with Gasteiger partial charge in [0, 0.05) is 12.1 Å². The first kappa shape index (κ1) is 13.8. The molecule has 0 aliphatic heterocycles. The third kappa shape index (κ3) is 3.09. The molecule has 1 atom stereocenters. The van der Waals surface area contributed by atoms with E-state index in [1.54, 1.807) is 0 Å². The first-order chi connectivity index (χ1) is 8.49. The lowest BCUT2D eigenvalue weighted by Crippen LogP contribution is -2.18. The molecule has 0 aliphatic carbocycles. The van der Waals surface area contributed by atoms with Gasteiger partial charge < -0.3 is 15.7 Å². The molecule has 0 aliphatic rings. The van der Waals surface area contributed by atoms with Gasteiger partial charge in [-0.25, -0.2) is 0 Å². The highest BCUT2D eigenvalue weighted by atomic mass is 16.6. The number of nitro benzene ring substituents is 1. The Kier molecular flexibility index (Phi) is 4.47. The van der Waals surface area contributed by atoms with Crippen LogP contribution in [-0.2, 0) is 0 Å². The van der Waals surface area contributed by atoms with E-state index in [0.29, 0.717) is 5.75 Å². The van der Waals surface area contributed by atoms with Crippen molar-refractivity contribution in [3.05, 3.63) is 33.9 Å². The van der Waals surface area contributed by atoms with E-state index in [-0.39, 0.29) is 23.2 Å². The largest absolute Gasteiger partial charge is 0.490 e. The maximum absolute atomic E-state index is 10.7. The molecule has 0 amide bonds. The molecule has 0 aromatic heterocycles. The maximum atomic E-state index is 10.7. The summed E-state index contributed by atoms with van der Waals surface area (Å²) in [5.41, 5.74) is 5.53. The summed E-state index contributed by atoms with van der Waals surface area (Å²) >= 11 is 0. The highest BCUT2D eigenvalue weighted by Gasteiger charge is 2.16. The molecule has 1 aromatic rings. The van der Waals surface area contributed by atoms with E-state index in [0.717, 1.165) is 6.42 Å². The molecule has 98 valence electrons. The Bertz CT molecular complexity index is 473. The van der Waals surface area contributed by atoms with Gasteiger partial charge in [0.2, 0.25) is 0 Å². The SMILES string of the molecule is CCC(C)Oc1ccc([N+](=O)[O-])cc1C(N)=NO. The van der Waals surface area contributed by atoms with Crippen LogP contribution in [0.25, 0.3) is 0 Å². The van der Waals surface area contributed by atoms with E-state index in [1.165, 1.54) is 18.2 Å². The van der Waals surface area contributed by atoms with Crippen molar-refractivity contribution >= 4 is 11.5 Å². The van der Waals surface area contributed by atoms with Crippen molar-refractivity contribution in [2.45, 2.75) is 26.4 Å². The fraction of sp³-hybridized carbons (Fsp3) is 0.364. The van der Waals surface area contributed by atoms with Crippen molar-refractivity contribution in [1.82, 2.24) is 0 Å². The van der Waals surface area contributed by atoms with Crippen molar-refractivity contribution in [1.29, 1.82) is 0 Å². The predicted molar refractivity (Wildman–Crippen MR) is 66.0 cm³/mol. The van der Waals surface area contributed by atoms with Gasteiger partial charge in [-0.2, -0.15) is 0 Å². The number of benzene rings is 1.